The number of phenols is 1. The number of carbonyl (C=O) groups is 6. The molecule has 3 aliphatic rings. The number of piperazine rings is 1. The molecule has 0 bridgehead atoms. The molecule has 3 aliphatic heterocycles. The minimum atomic E-state index is -1.53. The van der Waals surface area contributed by atoms with Gasteiger partial charge in [-0.25, -0.2) is 14.4 Å². The van der Waals surface area contributed by atoms with Crippen LogP contribution >= 0.6 is 11.8 Å². The summed E-state index contributed by atoms with van der Waals surface area (Å²) in [5.74, 6) is -4.66. The number of aliphatic carboxylic acids is 1. The molecule has 4 rings (SSSR count). The number of nitrogens with zero attached hydrogens (tertiary/aromatic N) is 2. The molecule has 0 radical (unpaired) electrons. The van der Waals surface area contributed by atoms with Gasteiger partial charge in [0.15, 0.2) is 6.04 Å². The zero-order valence-corrected chi connectivity index (χ0v) is 20.9. The van der Waals surface area contributed by atoms with Crippen molar-refractivity contribution in [3.63, 3.8) is 0 Å². The van der Waals surface area contributed by atoms with Crippen molar-refractivity contribution in [2.75, 3.05) is 32.0 Å². The summed E-state index contributed by atoms with van der Waals surface area (Å²) < 4.78 is 4.96. The van der Waals surface area contributed by atoms with E-state index in [-0.39, 0.29) is 36.7 Å². The molecule has 1 saturated heterocycles. The number of ether oxygens (including phenoxy) is 1. The third kappa shape index (κ3) is 5.37. The highest BCUT2D eigenvalue weighted by Crippen LogP contribution is 2.29. The number of hydrogen-bond acceptors (Lipinski definition) is 10. The number of hydrogen-bond donors (Lipinski definition) is 5. The lowest BCUT2D eigenvalue weighted by atomic mass is 10.1. The molecule has 5 N–H and O–H groups in total. The average Bonchev–Trinajstić information content (AvgIpc) is 3.27. The lowest BCUT2D eigenvalue weighted by Crippen LogP contribution is -2.60. The summed E-state index contributed by atoms with van der Waals surface area (Å²) in [5.41, 5.74) is 1.02. The number of carboxylic acids is 1. The Morgan fingerprint density at radius 2 is 1.84 bits per heavy atom. The Kier molecular flexibility index (Phi) is 7.75. The van der Waals surface area contributed by atoms with E-state index in [1.54, 1.807) is 6.92 Å². The fourth-order valence-electron chi connectivity index (χ4n) is 4.11. The first-order chi connectivity index (χ1) is 18.1. The van der Waals surface area contributed by atoms with Gasteiger partial charge in [0.25, 0.3) is 0 Å². The van der Waals surface area contributed by atoms with Crippen molar-refractivity contribution >= 4 is 47.5 Å². The second-order valence-corrected chi connectivity index (χ2v) is 9.70. The zero-order valence-electron chi connectivity index (χ0n) is 20.1. The van der Waals surface area contributed by atoms with Crippen LogP contribution in [-0.4, -0.2) is 99.1 Å². The number of aromatic hydroxyl groups is 1. The zero-order chi connectivity index (χ0) is 27.6. The third-order valence-electron chi connectivity index (χ3n) is 6.22. The van der Waals surface area contributed by atoms with Crippen LogP contribution in [0.15, 0.2) is 35.5 Å². The Hall–Kier alpha value is -4.27. The molecule has 1 aromatic rings. The summed E-state index contributed by atoms with van der Waals surface area (Å²) in [6, 6.07) is 1.19. The van der Waals surface area contributed by atoms with Crippen LogP contribution in [0.5, 0.6) is 5.75 Å². The average molecular weight is 548 g/mol. The smallest absolute Gasteiger partial charge is 0.354 e. The SMILES string of the molecule is CCN1CCN(C(=O)N[C@@H](C(=O)NC(C(=O)O)C2NC3=C(COC3=O)CS2)c2ccc(O)cc2)C(=O)C1=O. The molecule has 2 unspecified atom stereocenters. The number of benzene rings is 1. The van der Waals surface area contributed by atoms with Gasteiger partial charge in [-0.1, -0.05) is 12.1 Å². The lowest BCUT2D eigenvalue weighted by Gasteiger charge is -2.33. The Morgan fingerprint density at radius 1 is 1.13 bits per heavy atom. The number of imide groups is 1. The highest BCUT2D eigenvalue weighted by molar-refractivity contribution is 8.00. The van der Waals surface area contributed by atoms with Gasteiger partial charge in [0.05, 0.1) is 0 Å². The molecular formula is C23H25N5O9S. The Morgan fingerprint density at radius 3 is 2.50 bits per heavy atom. The number of carbonyl (C=O) groups excluding carboxylic acids is 5. The minimum Gasteiger partial charge on any atom is -0.508 e. The van der Waals surface area contributed by atoms with Crippen molar-refractivity contribution in [1.82, 2.24) is 25.8 Å². The quantitative estimate of drug-likeness (QED) is 0.205. The molecule has 0 aliphatic carbocycles. The molecule has 5 amide bonds. The first kappa shape index (κ1) is 26.8. The normalized spacial score (nSPS) is 20.8. The number of cyclic esters (lactones) is 1. The number of likely N-dealkylation sites (N-methyl/N-ethyl adjacent to an activating group) is 1. The lowest BCUT2D eigenvalue weighted by molar-refractivity contribution is -0.153. The Labute approximate surface area is 220 Å². The molecule has 1 aromatic carbocycles. The van der Waals surface area contributed by atoms with Gasteiger partial charge >= 0.3 is 29.8 Å². The molecule has 3 atom stereocenters. The number of urea groups is 1. The van der Waals surface area contributed by atoms with Crippen molar-refractivity contribution < 1.29 is 43.7 Å². The van der Waals surface area contributed by atoms with Gasteiger partial charge in [0.1, 0.15) is 29.5 Å². The predicted octanol–water partition coefficient (Wildman–Crippen LogP) is -1.12. The van der Waals surface area contributed by atoms with Gasteiger partial charge in [-0.15, -0.1) is 11.8 Å². The van der Waals surface area contributed by atoms with Crippen molar-refractivity contribution in [2.24, 2.45) is 0 Å². The fourth-order valence-corrected chi connectivity index (χ4v) is 5.30. The van der Waals surface area contributed by atoms with Crippen LogP contribution in [-0.2, 0) is 28.7 Å². The van der Waals surface area contributed by atoms with Crippen molar-refractivity contribution in [1.29, 1.82) is 0 Å². The standard InChI is InChI=1S/C23H25N5O9S/c1-2-27-7-8-28(20(32)19(27)31)23(36)26-14(11-3-5-13(29)6-4-11)17(30)24-16(21(33)34)18-25-15-12(10-38-18)9-37-22(15)35/h3-6,14,16,18,25,29H,2,7-10H2,1H3,(H,24,30)(H,26,36)(H,33,34)/t14-,16?,18?/m1/s1. The van der Waals surface area contributed by atoms with Crippen molar-refractivity contribution in [3.8, 4) is 5.75 Å². The highest BCUT2D eigenvalue weighted by atomic mass is 32.2. The number of phenolic OH excluding ortho intramolecular Hbond substituents is 1. The molecule has 0 saturated carbocycles. The number of nitrogens with one attached hydrogen (secondary N) is 3. The van der Waals surface area contributed by atoms with E-state index < -0.39 is 53.1 Å². The first-order valence-corrected chi connectivity index (χ1v) is 12.7. The molecule has 202 valence electrons. The summed E-state index contributed by atoms with van der Waals surface area (Å²) >= 11 is 1.16. The monoisotopic (exact) mass is 547 g/mol. The van der Waals surface area contributed by atoms with Crippen molar-refractivity contribution in [2.45, 2.75) is 24.4 Å². The van der Waals surface area contributed by atoms with E-state index in [1.165, 1.54) is 29.2 Å². The topological polar surface area (TPSA) is 195 Å². The molecular weight excluding hydrogens is 522 g/mol. The Bertz CT molecular complexity index is 1220. The summed E-state index contributed by atoms with van der Waals surface area (Å²) in [7, 11) is 0. The summed E-state index contributed by atoms with van der Waals surface area (Å²) in [5, 5.41) is 26.2. The van der Waals surface area contributed by atoms with E-state index in [9.17, 15) is 39.0 Å². The van der Waals surface area contributed by atoms with Crippen LogP contribution < -0.4 is 16.0 Å². The number of esters is 1. The van der Waals surface area contributed by atoms with Crippen molar-refractivity contribution in [3.05, 3.63) is 41.1 Å². The third-order valence-corrected chi connectivity index (χ3v) is 7.48. The second-order valence-electron chi connectivity index (χ2n) is 8.57. The molecule has 0 spiro atoms. The first-order valence-electron chi connectivity index (χ1n) is 11.6. The molecule has 38 heavy (non-hydrogen) atoms. The van der Waals surface area contributed by atoms with E-state index >= 15 is 0 Å². The molecule has 3 heterocycles. The van der Waals surface area contributed by atoms with E-state index in [0.29, 0.717) is 22.8 Å². The van der Waals surface area contributed by atoms with Gasteiger partial charge in [-0.2, -0.15) is 0 Å². The van der Waals surface area contributed by atoms with Crippen LogP contribution in [0, 0.1) is 0 Å². The van der Waals surface area contributed by atoms with Gasteiger partial charge in [-0.05, 0) is 24.6 Å². The fraction of sp³-hybridized carbons (Fsp3) is 0.391. The maximum atomic E-state index is 13.4. The van der Waals surface area contributed by atoms with Gasteiger partial charge in [-0.3, -0.25) is 19.3 Å². The van der Waals surface area contributed by atoms with Gasteiger partial charge in [0, 0.05) is 31.0 Å². The van der Waals surface area contributed by atoms with Crippen LogP contribution in [0.25, 0.3) is 0 Å². The van der Waals surface area contributed by atoms with Crippen LogP contribution in [0.2, 0.25) is 0 Å². The number of amides is 5. The minimum absolute atomic E-state index is 0.0951. The van der Waals surface area contributed by atoms with Crippen LogP contribution in [0.3, 0.4) is 0 Å². The van der Waals surface area contributed by atoms with E-state index in [1.807, 2.05) is 0 Å². The summed E-state index contributed by atoms with van der Waals surface area (Å²) in [6.45, 7) is 2.11. The molecule has 0 aromatic heterocycles. The predicted molar refractivity (Wildman–Crippen MR) is 130 cm³/mol. The maximum Gasteiger partial charge on any atom is 0.354 e. The van der Waals surface area contributed by atoms with E-state index in [4.69, 9.17) is 4.74 Å². The second kappa shape index (κ2) is 11.0. The number of carboxylic acid groups (broad SMARTS) is 1. The summed E-state index contributed by atoms with van der Waals surface area (Å²) in [6.07, 6.45) is 0. The number of thioether (sulfide) groups is 1. The van der Waals surface area contributed by atoms with Gasteiger partial charge in [0.2, 0.25) is 5.91 Å². The Balaban J connectivity index is 1.54. The largest absolute Gasteiger partial charge is 0.508 e. The van der Waals surface area contributed by atoms with E-state index in [0.717, 1.165) is 11.8 Å². The molecule has 1 fully saturated rings. The van der Waals surface area contributed by atoms with E-state index in [2.05, 4.69) is 16.0 Å². The molecule has 14 nitrogen and oxygen atoms in total. The summed E-state index contributed by atoms with van der Waals surface area (Å²) in [4.78, 5) is 77.1. The maximum absolute atomic E-state index is 13.4. The van der Waals surface area contributed by atoms with Gasteiger partial charge < -0.3 is 35.8 Å². The van der Waals surface area contributed by atoms with Crippen LogP contribution in [0.1, 0.15) is 18.5 Å². The molecule has 15 heteroatoms. The number of rotatable bonds is 7. The highest BCUT2D eigenvalue weighted by Gasteiger charge is 2.41. The van der Waals surface area contributed by atoms with Crippen LogP contribution in [0.4, 0.5) is 4.79 Å².